The third-order valence-electron chi connectivity index (χ3n) is 3.63. The largest absolute Gasteiger partial charge is 0.299 e. The third kappa shape index (κ3) is 5.40. The van der Waals surface area contributed by atoms with Gasteiger partial charge in [-0.05, 0) is 18.2 Å². The monoisotopic (exact) mass is 381 g/mol. The van der Waals surface area contributed by atoms with Crippen LogP contribution < -0.4 is 4.72 Å². The first-order valence-corrected chi connectivity index (χ1v) is 10.8. The molecule has 1 N–H and O–H groups in total. The molecular formula is C13H20ClN3O4S2. The van der Waals surface area contributed by atoms with E-state index in [0.29, 0.717) is 37.7 Å². The number of hydrogen-bond acceptors (Lipinski definition) is 5. The number of sulfonamides is 2. The number of halogens is 1. The van der Waals surface area contributed by atoms with Gasteiger partial charge in [-0.15, -0.1) is 0 Å². The van der Waals surface area contributed by atoms with E-state index in [4.69, 9.17) is 11.6 Å². The number of nitrogens with zero attached hydrogens (tertiary/aromatic N) is 2. The quantitative estimate of drug-likeness (QED) is 0.760. The van der Waals surface area contributed by atoms with Gasteiger partial charge in [0.2, 0.25) is 20.0 Å². The number of nitrogens with one attached hydrogen (secondary N) is 1. The van der Waals surface area contributed by atoms with E-state index in [0.717, 1.165) is 0 Å². The standard InChI is InChI=1S/C13H20ClN3O4S2/c1-22(18,19)17-9-7-16(8-10-17)6-5-15-23(20,21)13-4-2-3-12(14)11-13/h2-4,11,15H,5-10H2,1H3. The topological polar surface area (TPSA) is 86.8 Å². The maximum atomic E-state index is 12.1. The van der Waals surface area contributed by atoms with Crippen molar-refractivity contribution < 1.29 is 16.8 Å². The van der Waals surface area contributed by atoms with Gasteiger partial charge >= 0.3 is 0 Å². The van der Waals surface area contributed by atoms with Crippen LogP contribution in [0, 0.1) is 0 Å². The van der Waals surface area contributed by atoms with Crippen molar-refractivity contribution in [3.8, 4) is 0 Å². The van der Waals surface area contributed by atoms with Crippen LogP contribution in [-0.2, 0) is 20.0 Å². The summed E-state index contributed by atoms with van der Waals surface area (Å²) in [7, 11) is -6.74. The molecule has 0 radical (unpaired) electrons. The van der Waals surface area contributed by atoms with E-state index >= 15 is 0 Å². The Labute approximate surface area is 142 Å². The average Bonchev–Trinajstić information content (AvgIpc) is 2.47. The highest BCUT2D eigenvalue weighted by atomic mass is 35.5. The molecule has 0 unspecified atom stereocenters. The minimum Gasteiger partial charge on any atom is -0.299 e. The normalized spacial score (nSPS) is 18.2. The molecule has 1 aromatic carbocycles. The predicted octanol–water partition coefficient (Wildman–Crippen LogP) is 0.196. The van der Waals surface area contributed by atoms with E-state index in [1.165, 1.54) is 22.7 Å². The summed E-state index contributed by atoms with van der Waals surface area (Å²) in [5.41, 5.74) is 0. The Balaban J connectivity index is 1.82. The zero-order valence-corrected chi connectivity index (χ0v) is 15.2. The van der Waals surface area contributed by atoms with Gasteiger partial charge in [-0.3, -0.25) is 4.90 Å². The Morgan fingerprint density at radius 3 is 2.35 bits per heavy atom. The zero-order chi connectivity index (χ0) is 17.1. The van der Waals surface area contributed by atoms with Gasteiger partial charge in [-0.25, -0.2) is 21.6 Å². The smallest absolute Gasteiger partial charge is 0.240 e. The van der Waals surface area contributed by atoms with Crippen LogP contribution in [0.2, 0.25) is 5.02 Å². The van der Waals surface area contributed by atoms with Gasteiger partial charge < -0.3 is 0 Å². The third-order valence-corrected chi connectivity index (χ3v) is 6.62. The minimum atomic E-state index is -3.59. The first-order valence-electron chi connectivity index (χ1n) is 7.11. The summed E-state index contributed by atoms with van der Waals surface area (Å²) in [4.78, 5) is 2.16. The van der Waals surface area contributed by atoms with Gasteiger partial charge in [0.25, 0.3) is 0 Å². The molecule has 2 rings (SSSR count). The molecule has 1 aliphatic rings. The van der Waals surface area contributed by atoms with E-state index in [2.05, 4.69) is 4.72 Å². The molecule has 0 amide bonds. The van der Waals surface area contributed by atoms with Crippen molar-refractivity contribution in [2.24, 2.45) is 0 Å². The Hall–Kier alpha value is -0.710. The fraction of sp³-hybridized carbons (Fsp3) is 0.538. The van der Waals surface area contributed by atoms with E-state index in [1.807, 2.05) is 4.90 Å². The molecule has 1 saturated heterocycles. The molecule has 0 aliphatic carbocycles. The molecule has 1 fully saturated rings. The minimum absolute atomic E-state index is 0.131. The van der Waals surface area contributed by atoms with Crippen LogP contribution in [0.25, 0.3) is 0 Å². The van der Waals surface area contributed by atoms with Gasteiger partial charge in [-0.2, -0.15) is 4.31 Å². The molecular weight excluding hydrogens is 362 g/mol. The first kappa shape index (κ1) is 18.6. The van der Waals surface area contributed by atoms with Crippen molar-refractivity contribution in [1.29, 1.82) is 0 Å². The van der Waals surface area contributed by atoms with E-state index < -0.39 is 20.0 Å². The predicted molar refractivity (Wildman–Crippen MR) is 89.5 cm³/mol. The summed E-state index contributed by atoms with van der Waals surface area (Å²) in [6.07, 6.45) is 1.20. The SMILES string of the molecule is CS(=O)(=O)N1CCN(CCNS(=O)(=O)c2cccc(Cl)c2)CC1. The van der Waals surface area contributed by atoms with Crippen molar-refractivity contribution in [2.45, 2.75) is 4.90 Å². The van der Waals surface area contributed by atoms with Crippen LogP contribution in [0.5, 0.6) is 0 Å². The van der Waals surface area contributed by atoms with Gasteiger partial charge in [0, 0.05) is 44.3 Å². The van der Waals surface area contributed by atoms with Crippen LogP contribution in [-0.4, -0.2) is 71.6 Å². The van der Waals surface area contributed by atoms with E-state index in [-0.39, 0.29) is 11.4 Å². The second-order valence-corrected chi connectivity index (χ2v) is 9.54. The van der Waals surface area contributed by atoms with Crippen molar-refractivity contribution in [2.75, 3.05) is 45.5 Å². The Morgan fingerprint density at radius 2 is 1.78 bits per heavy atom. The lowest BCUT2D eigenvalue weighted by Crippen LogP contribution is -2.49. The van der Waals surface area contributed by atoms with Crippen LogP contribution in [0.4, 0.5) is 0 Å². The molecule has 0 bridgehead atoms. The van der Waals surface area contributed by atoms with E-state index in [1.54, 1.807) is 12.1 Å². The summed E-state index contributed by atoms with van der Waals surface area (Å²) in [6, 6.07) is 6.08. The average molecular weight is 382 g/mol. The molecule has 0 aromatic heterocycles. The first-order chi connectivity index (χ1) is 10.7. The maximum absolute atomic E-state index is 12.1. The summed E-state index contributed by atoms with van der Waals surface area (Å²) in [5.74, 6) is 0. The molecule has 10 heteroatoms. The highest BCUT2D eigenvalue weighted by Crippen LogP contribution is 2.15. The second-order valence-electron chi connectivity index (χ2n) is 5.36. The molecule has 0 atom stereocenters. The van der Waals surface area contributed by atoms with Crippen LogP contribution in [0.15, 0.2) is 29.2 Å². The summed E-state index contributed by atoms with van der Waals surface area (Å²) in [5, 5.41) is 0.366. The molecule has 130 valence electrons. The highest BCUT2D eigenvalue weighted by molar-refractivity contribution is 7.89. The Morgan fingerprint density at radius 1 is 1.13 bits per heavy atom. The lowest BCUT2D eigenvalue weighted by Gasteiger charge is -2.33. The molecule has 1 aliphatic heterocycles. The van der Waals surface area contributed by atoms with Crippen molar-refractivity contribution in [3.63, 3.8) is 0 Å². The van der Waals surface area contributed by atoms with Crippen LogP contribution >= 0.6 is 11.6 Å². The van der Waals surface area contributed by atoms with Crippen molar-refractivity contribution in [1.82, 2.24) is 13.9 Å². The summed E-state index contributed by atoms with van der Waals surface area (Å²) < 4.78 is 51.1. The maximum Gasteiger partial charge on any atom is 0.240 e. The van der Waals surface area contributed by atoms with Gasteiger partial charge in [0.05, 0.1) is 11.2 Å². The molecule has 1 heterocycles. The zero-order valence-electron chi connectivity index (χ0n) is 12.8. The fourth-order valence-corrected chi connectivity index (χ4v) is 4.49. The van der Waals surface area contributed by atoms with Gasteiger partial charge in [0.1, 0.15) is 0 Å². The lowest BCUT2D eigenvalue weighted by atomic mass is 10.3. The molecule has 7 nitrogen and oxygen atoms in total. The molecule has 23 heavy (non-hydrogen) atoms. The van der Waals surface area contributed by atoms with Crippen molar-refractivity contribution >= 4 is 31.6 Å². The highest BCUT2D eigenvalue weighted by Gasteiger charge is 2.23. The molecule has 0 spiro atoms. The van der Waals surface area contributed by atoms with E-state index in [9.17, 15) is 16.8 Å². The summed E-state index contributed by atoms with van der Waals surface area (Å²) >= 11 is 5.80. The lowest BCUT2D eigenvalue weighted by molar-refractivity contribution is 0.192. The van der Waals surface area contributed by atoms with Crippen LogP contribution in [0.3, 0.4) is 0 Å². The summed E-state index contributed by atoms with van der Waals surface area (Å²) in [6.45, 7) is 2.82. The van der Waals surface area contributed by atoms with Crippen LogP contribution in [0.1, 0.15) is 0 Å². The second kappa shape index (κ2) is 7.45. The fourth-order valence-electron chi connectivity index (χ4n) is 2.34. The van der Waals surface area contributed by atoms with Crippen molar-refractivity contribution in [3.05, 3.63) is 29.3 Å². The molecule has 0 saturated carbocycles. The number of piperazine rings is 1. The van der Waals surface area contributed by atoms with Gasteiger partial charge in [0.15, 0.2) is 0 Å². The number of hydrogen-bond donors (Lipinski definition) is 1. The Kier molecular flexibility index (Phi) is 6.04. The number of rotatable bonds is 6. The number of benzene rings is 1. The molecule has 1 aromatic rings. The van der Waals surface area contributed by atoms with Gasteiger partial charge in [-0.1, -0.05) is 17.7 Å². The Bertz CT molecular complexity index is 744.